The van der Waals surface area contributed by atoms with E-state index in [1.807, 2.05) is 6.92 Å². The topological polar surface area (TPSA) is 76.1 Å². The molecule has 0 radical (unpaired) electrons. The fourth-order valence-electron chi connectivity index (χ4n) is 3.12. The Morgan fingerprint density at radius 1 is 0.933 bits per heavy atom. The van der Waals surface area contributed by atoms with Crippen LogP contribution in [0.4, 0.5) is 5.69 Å². The number of benzene rings is 3. The van der Waals surface area contributed by atoms with Crippen molar-refractivity contribution in [3.05, 3.63) is 94.6 Å². The molecule has 0 aliphatic rings. The predicted molar refractivity (Wildman–Crippen MR) is 120 cm³/mol. The van der Waals surface area contributed by atoms with E-state index < -0.39 is 9.84 Å². The summed E-state index contributed by atoms with van der Waals surface area (Å²) in [4.78, 5) is 17.3. The molecule has 1 heterocycles. The van der Waals surface area contributed by atoms with Crippen molar-refractivity contribution >= 4 is 48.3 Å². The first kappa shape index (κ1) is 20.3. The minimum absolute atomic E-state index is 0.149. The first-order valence-electron chi connectivity index (χ1n) is 9.13. The number of nitrogens with one attached hydrogen (secondary N) is 1. The summed E-state index contributed by atoms with van der Waals surface area (Å²) in [5.41, 5.74) is 2.32. The highest BCUT2D eigenvalue weighted by atomic mass is 79.9. The van der Waals surface area contributed by atoms with Crippen LogP contribution in [0.2, 0.25) is 0 Å². The molecule has 0 spiro atoms. The van der Waals surface area contributed by atoms with Crippen LogP contribution in [0, 0.1) is 6.92 Å². The maximum atomic E-state index is 13.2. The molecule has 0 bridgehead atoms. The van der Waals surface area contributed by atoms with E-state index in [0.29, 0.717) is 22.2 Å². The van der Waals surface area contributed by atoms with E-state index in [-0.39, 0.29) is 15.7 Å². The van der Waals surface area contributed by atoms with Crippen molar-refractivity contribution in [1.82, 2.24) is 4.98 Å². The van der Waals surface area contributed by atoms with E-state index in [1.54, 1.807) is 72.9 Å². The van der Waals surface area contributed by atoms with Crippen LogP contribution in [0.3, 0.4) is 0 Å². The van der Waals surface area contributed by atoms with Gasteiger partial charge in [-0.05, 0) is 67.6 Å². The Morgan fingerprint density at radius 3 is 2.33 bits per heavy atom. The molecule has 0 saturated carbocycles. The van der Waals surface area contributed by atoms with Gasteiger partial charge in [-0.3, -0.25) is 9.78 Å². The molecule has 0 aliphatic heterocycles. The Morgan fingerprint density at radius 2 is 1.63 bits per heavy atom. The normalized spacial score (nSPS) is 11.4. The number of pyridine rings is 1. The number of halogens is 1. The van der Waals surface area contributed by atoms with Gasteiger partial charge in [0.05, 0.1) is 21.0 Å². The zero-order valence-electron chi connectivity index (χ0n) is 16.0. The molecule has 0 aliphatic carbocycles. The van der Waals surface area contributed by atoms with Crippen LogP contribution < -0.4 is 5.32 Å². The van der Waals surface area contributed by atoms with E-state index in [1.165, 1.54) is 6.07 Å². The number of aryl methyl sites for hydroxylation is 1. The van der Waals surface area contributed by atoms with E-state index in [2.05, 4.69) is 26.2 Å². The first-order chi connectivity index (χ1) is 14.4. The molecule has 0 atom stereocenters. The molecule has 30 heavy (non-hydrogen) atoms. The fourth-order valence-corrected chi connectivity index (χ4v) is 4.84. The van der Waals surface area contributed by atoms with Gasteiger partial charge >= 0.3 is 0 Å². The van der Waals surface area contributed by atoms with Gasteiger partial charge in [0, 0.05) is 21.6 Å². The molecule has 1 N–H and O–H groups in total. The molecule has 0 saturated heterocycles. The summed E-state index contributed by atoms with van der Waals surface area (Å²) < 4.78 is 27.3. The van der Waals surface area contributed by atoms with Crippen molar-refractivity contribution in [2.45, 2.75) is 16.7 Å². The Balaban J connectivity index is 1.78. The lowest BCUT2D eigenvalue weighted by atomic mass is 10.1. The summed E-state index contributed by atoms with van der Waals surface area (Å²) in [6.07, 6.45) is 1.57. The van der Waals surface area contributed by atoms with Crippen molar-refractivity contribution < 1.29 is 13.2 Å². The van der Waals surface area contributed by atoms with Crippen molar-refractivity contribution in [3.63, 3.8) is 0 Å². The lowest BCUT2D eigenvalue weighted by molar-refractivity contribution is 0.102. The summed E-state index contributed by atoms with van der Waals surface area (Å²) in [5.74, 6) is -0.302. The van der Waals surface area contributed by atoms with Gasteiger partial charge in [0.2, 0.25) is 9.84 Å². The van der Waals surface area contributed by atoms with Crippen LogP contribution in [-0.2, 0) is 9.84 Å². The summed E-state index contributed by atoms with van der Waals surface area (Å²) in [7, 11) is -3.74. The van der Waals surface area contributed by atoms with Gasteiger partial charge in [0.25, 0.3) is 5.91 Å². The quantitative estimate of drug-likeness (QED) is 0.424. The second kappa shape index (κ2) is 8.01. The molecule has 5 nitrogen and oxygen atoms in total. The third-order valence-corrected chi connectivity index (χ3v) is 7.06. The number of rotatable bonds is 4. The number of sulfone groups is 1. The average molecular weight is 481 g/mol. The molecular formula is C23H17BrN2O3S. The minimum atomic E-state index is -3.74. The number of amides is 1. The number of aromatic nitrogens is 1. The van der Waals surface area contributed by atoms with E-state index in [4.69, 9.17) is 0 Å². The molecule has 1 aromatic heterocycles. The number of carbonyl (C=O) groups excluding carboxylic acids is 1. The molecule has 0 fully saturated rings. The second-order valence-electron chi connectivity index (χ2n) is 6.79. The SMILES string of the molecule is Cc1ccc(S(=O)(=O)c2ccc(NC(=O)c3ccc(Br)cc3)c3ncccc23)cc1. The van der Waals surface area contributed by atoms with Gasteiger partial charge in [-0.25, -0.2) is 8.42 Å². The number of hydrogen-bond donors (Lipinski definition) is 1. The third kappa shape index (κ3) is 3.86. The van der Waals surface area contributed by atoms with E-state index >= 15 is 0 Å². The largest absolute Gasteiger partial charge is 0.320 e. The second-order valence-corrected chi connectivity index (χ2v) is 9.62. The Kier molecular flexibility index (Phi) is 5.40. The fraction of sp³-hybridized carbons (Fsp3) is 0.0435. The van der Waals surface area contributed by atoms with Crippen molar-refractivity contribution in [2.24, 2.45) is 0 Å². The monoisotopic (exact) mass is 480 g/mol. The molecule has 4 rings (SSSR count). The van der Waals surface area contributed by atoms with Crippen molar-refractivity contribution in [1.29, 1.82) is 0 Å². The number of fused-ring (bicyclic) bond motifs is 1. The standard InChI is InChI=1S/C23H17BrN2O3S/c1-15-4-10-18(11-5-15)30(28,29)21-13-12-20(22-19(21)3-2-14-25-22)26-23(27)16-6-8-17(24)9-7-16/h2-14H,1H3,(H,26,27). The number of nitrogens with zero attached hydrogens (tertiary/aromatic N) is 1. The summed E-state index contributed by atoms with van der Waals surface area (Å²) in [6, 6.07) is 20.1. The summed E-state index contributed by atoms with van der Waals surface area (Å²) in [6.45, 7) is 1.90. The number of anilines is 1. The van der Waals surface area contributed by atoms with Gasteiger partial charge in [-0.2, -0.15) is 0 Å². The first-order valence-corrected chi connectivity index (χ1v) is 11.4. The average Bonchev–Trinajstić information content (AvgIpc) is 2.74. The van der Waals surface area contributed by atoms with Crippen LogP contribution in [-0.4, -0.2) is 19.3 Å². The summed E-state index contributed by atoms with van der Waals surface area (Å²) in [5, 5.41) is 3.29. The highest BCUT2D eigenvalue weighted by Crippen LogP contribution is 2.32. The Hall–Kier alpha value is -3.03. The smallest absolute Gasteiger partial charge is 0.255 e. The number of carbonyl (C=O) groups is 1. The third-order valence-electron chi connectivity index (χ3n) is 4.71. The van der Waals surface area contributed by atoms with Crippen LogP contribution in [0.1, 0.15) is 15.9 Å². The molecule has 150 valence electrons. The van der Waals surface area contributed by atoms with Crippen molar-refractivity contribution in [2.75, 3.05) is 5.32 Å². The van der Waals surface area contributed by atoms with Gasteiger partial charge in [-0.15, -0.1) is 0 Å². The molecule has 3 aromatic carbocycles. The highest BCUT2D eigenvalue weighted by Gasteiger charge is 2.22. The minimum Gasteiger partial charge on any atom is -0.320 e. The zero-order valence-corrected chi connectivity index (χ0v) is 18.4. The van der Waals surface area contributed by atoms with Gasteiger partial charge in [0.15, 0.2) is 0 Å². The lowest BCUT2D eigenvalue weighted by Crippen LogP contribution is -2.13. The van der Waals surface area contributed by atoms with Gasteiger partial charge < -0.3 is 5.32 Å². The summed E-state index contributed by atoms with van der Waals surface area (Å²) >= 11 is 3.34. The van der Waals surface area contributed by atoms with Crippen LogP contribution in [0.15, 0.2) is 93.3 Å². The van der Waals surface area contributed by atoms with Crippen molar-refractivity contribution in [3.8, 4) is 0 Å². The highest BCUT2D eigenvalue weighted by molar-refractivity contribution is 9.10. The molecule has 4 aromatic rings. The molecular weight excluding hydrogens is 464 g/mol. The molecule has 0 unspecified atom stereocenters. The Bertz CT molecular complexity index is 1350. The van der Waals surface area contributed by atoms with Crippen LogP contribution >= 0.6 is 15.9 Å². The van der Waals surface area contributed by atoms with Crippen LogP contribution in [0.25, 0.3) is 10.9 Å². The van der Waals surface area contributed by atoms with Gasteiger partial charge in [0.1, 0.15) is 0 Å². The molecule has 7 heteroatoms. The Labute approximate surface area is 182 Å². The zero-order chi connectivity index (χ0) is 21.3. The lowest BCUT2D eigenvalue weighted by Gasteiger charge is -2.12. The maximum Gasteiger partial charge on any atom is 0.255 e. The predicted octanol–water partition coefficient (Wildman–Crippen LogP) is 5.39. The van der Waals surface area contributed by atoms with Crippen LogP contribution in [0.5, 0.6) is 0 Å². The number of hydrogen-bond acceptors (Lipinski definition) is 4. The maximum absolute atomic E-state index is 13.2. The van der Waals surface area contributed by atoms with E-state index in [0.717, 1.165) is 10.0 Å². The van der Waals surface area contributed by atoms with E-state index in [9.17, 15) is 13.2 Å². The van der Waals surface area contributed by atoms with Gasteiger partial charge in [-0.1, -0.05) is 33.6 Å². The molecule has 1 amide bonds.